The van der Waals surface area contributed by atoms with Gasteiger partial charge >= 0.3 is 6.03 Å². The molecule has 0 spiro atoms. The minimum atomic E-state index is -3.04. The van der Waals surface area contributed by atoms with Crippen molar-refractivity contribution in [3.05, 3.63) is 53.1 Å². The fourth-order valence-electron chi connectivity index (χ4n) is 4.10. The Morgan fingerprint density at radius 2 is 1.90 bits per heavy atom. The lowest BCUT2D eigenvalue weighted by Gasteiger charge is -2.19. The van der Waals surface area contributed by atoms with Crippen LogP contribution in [0.2, 0.25) is 0 Å². The minimum Gasteiger partial charge on any atom is -0.392 e. The average molecular weight is 417 g/mol. The maximum Gasteiger partial charge on any atom is 0.321 e. The second-order valence-corrected chi connectivity index (χ2v) is 10.2. The van der Waals surface area contributed by atoms with Crippen molar-refractivity contribution < 1.29 is 18.3 Å². The minimum absolute atomic E-state index is 0.000370. The van der Waals surface area contributed by atoms with Crippen LogP contribution in [0.15, 0.2) is 36.4 Å². The van der Waals surface area contributed by atoms with Gasteiger partial charge in [0.25, 0.3) is 0 Å². The summed E-state index contributed by atoms with van der Waals surface area (Å²) in [6.45, 7) is 5.03. The van der Waals surface area contributed by atoms with E-state index in [2.05, 4.69) is 5.32 Å². The number of sulfone groups is 1. The highest BCUT2D eigenvalue weighted by atomic mass is 32.2. The van der Waals surface area contributed by atoms with Crippen molar-refractivity contribution in [1.29, 1.82) is 0 Å². The highest BCUT2D eigenvalue weighted by molar-refractivity contribution is 7.90. The summed E-state index contributed by atoms with van der Waals surface area (Å²) < 4.78 is 23.0. The molecule has 1 fully saturated rings. The molecule has 1 atom stereocenters. The third kappa shape index (κ3) is 5.36. The summed E-state index contributed by atoms with van der Waals surface area (Å²) in [5, 5.41) is 12.3. The number of anilines is 1. The molecule has 2 N–H and O–H groups in total. The fourth-order valence-corrected chi connectivity index (χ4v) is 5.23. The van der Waals surface area contributed by atoms with Gasteiger partial charge in [0.1, 0.15) is 9.84 Å². The maximum absolute atomic E-state index is 12.6. The Kier molecular flexibility index (Phi) is 6.29. The van der Waals surface area contributed by atoms with Crippen molar-refractivity contribution in [3.8, 4) is 11.1 Å². The van der Waals surface area contributed by atoms with E-state index in [4.69, 9.17) is 0 Å². The number of urea groups is 1. The summed E-state index contributed by atoms with van der Waals surface area (Å²) >= 11 is 0. The molecule has 7 heteroatoms. The van der Waals surface area contributed by atoms with Crippen molar-refractivity contribution in [2.24, 2.45) is 5.92 Å². The molecule has 0 aromatic heterocycles. The number of rotatable bonds is 5. The van der Waals surface area contributed by atoms with Gasteiger partial charge < -0.3 is 15.3 Å². The summed E-state index contributed by atoms with van der Waals surface area (Å²) in [5.74, 6) is 0.122. The van der Waals surface area contributed by atoms with E-state index in [1.807, 2.05) is 50.2 Å². The lowest BCUT2D eigenvalue weighted by Crippen LogP contribution is -2.33. The monoisotopic (exact) mass is 416 g/mol. The third-order valence-electron chi connectivity index (χ3n) is 5.29. The Morgan fingerprint density at radius 1 is 1.21 bits per heavy atom. The van der Waals surface area contributed by atoms with E-state index in [1.165, 1.54) is 6.26 Å². The number of amides is 2. The van der Waals surface area contributed by atoms with Gasteiger partial charge in [0.2, 0.25) is 0 Å². The van der Waals surface area contributed by atoms with E-state index >= 15 is 0 Å². The quantitative estimate of drug-likeness (QED) is 0.782. The molecule has 1 aliphatic rings. The van der Waals surface area contributed by atoms with Crippen LogP contribution in [0.1, 0.15) is 23.1 Å². The van der Waals surface area contributed by atoms with Gasteiger partial charge in [-0.05, 0) is 72.2 Å². The molecular weight excluding hydrogens is 388 g/mol. The van der Waals surface area contributed by atoms with Gasteiger partial charge in [-0.15, -0.1) is 0 Å². The van der Waals surface area contributed by atoms with Crippen LogP contribution in [0.25, 0.3) is 11.1 Å². The van der Waals surface area contributed by atoms with Crippen LogP contribution in [0.5, 0.6) is 0 Å². The highest BCUT2D eigenvalue weighted by Gasteiger charge is 2.28. The normalized spacial score (nSPS) is 16.8. The van der Waals surface area contributed by atoms with Gasteiger partial charge in [-0.1, -0.05) is 18.2 Å². The molecule has 3 rings (SSSR count). The molecule has 29 heavy (non-hydrogen) atoms. The molecule has 2 aromatic rings. The molecule has 0 bridgehead atoms. The zero-order valence-electron chi connectivity index (χ0n) is 17.1. The van der Waals surface area contributed by atoms with E-state index in [1.54, 1.807) is 4.90 Å². The summed E-state index contributed by atoms with van der Waals surface area (Å²) in [7, 11) is -3.04. The molecule has 0 unspecified atom stereocenters. The number of benzene rings is 2. The van der Waals surface area contributed by atoms with Crippen LogP contribution in [0.4, 0.5) is 10.5 Å². The number of aliphatic hydroxyl groups excluding tert-OH is 1. The number of carbonyl (C=O) groups is 1. The molecule has 1 saturated heterocycles. The first-order valence-corrected chi connectivity index (χ1v) is 11.8. The van der Waals surface area contributed by atoms with Crippen LogP contribution in [0, 0.1) is 19.8 Å². The largest absolute Gasteiger partial charge is 0.392 e. The number of likely N-dealkylation sites (tertiary alicyclic amines) is 1. The standard InChI is InChI=1S/C22H28N2O4S/c1-15-9-20(10-16(2)21(15)19-6-4-5-17(11-19)13-25)23-22(26)24-8-7-18(12-24)14-29(3,27)28/h4-6,9-11,18,25H,7-8,12-14H2,1-3H3,(H,23,26)/t18-/m1/s1. The summed E-state index contributed by atoms with van der Waals surface area (Å²) in [4.78, 5) is 14.3. The first-order chi connectivity index (χ1) is 13.7. The first-order valence-electron chi connectivity index (χ1n) is 9.71. The maximum atomic E-state index is 12.6. The second kappa shape index (κ2) is 8.55. The van der Waals surface area contributed by atoms with Gasteiger partial charge in [0.15, 0.2) is 0 Å². The molecule has 1 heterocycles. The fraction of sp³-hybridized carbons (Fsp3) is 0.409. The van der Waals surface area contributed by atoms with Crippen LogP contribution in [-0.2, 0) is 16.4 Å². The summed E-state index contributed by atoms with van der Waals surface area (Å²) in [5.41, 5.74) is 5.77. The Hall–Kier alpha value is -2.38. The lowest BCUT2D eigenvalue weighted by molar-refractivity contribution is 0.221. The number of aryl methyl sites for hydroxylation is 2. The van der Waals surface area contributed by atoms with Crippen LogP contribution in [-0.4, -0.2) is 49.6 Å². The topological polar surface area (TPSA) is 86.7 Å². The number of carbonyl (C=O) groups excluding carboxylic acids is 1. The van der Waals surface area contributed by atoms with E-state index in [9.17, 15) is 18.3 Å². The van der Waals surface area contributed by atoms with Crippen molar-refractivity contribution in [2.45, 2.75) is 26.9 Å². The van der Waals surface area contributed by atoms with Gasteiger partial charge in [-0.2, -0.15) is 0 Å². The number of aliphatic hydroxyl groups is 1. The first kappa shape index (κ1) is 21.3. The Labute approximate surface area is 172 Å². The molecule has 0 aliphatic carbocycles. The average Bonchev–Trinajstić information content (AvgIpc) is 3.08. The molecule has 156 valence electrons. The SMILES string of the molecule is Cc1cc(NC(=O)N2CC[C@@H](CS(C)(=O)=O)C2)cc(C)c1-c1cccc(CO)c1. The third-order valence-corrected chi connectivity index (χ3v) is 6.37. The lowest BCUT2D eigenvalue weighted by atomic mass is 9.94. The van der Waals surface area contributed by atoms with Gasteiger partial charge in [0, 0.05) is 25.0 Å². The van der Waals surface area contributed by atoms with Crippen LogP contribution >= 0.6 is 0 Å². The number of nitrogens with zero attached hydrogens (tertiary/aromatic N) is 1. The predicted octanol–water partition coefficient (Wildman–Crippen LogP) is 3.36. The van der Waals surface area contributed by atoms with Gasteiger partial charge in [-0.25, -0.2) is 13.2 Å². The van der Waals surface area contributed by atoms with Crippen molar-refractivity contribution in [1.82, 2.24) is 4.90 Å². The van der Waals surface area contributed by atoms with Crippen molar-refractivity contribution >= 4 is 21.6 Å². The molecule has 0 saturated carbocycles. The Morgan fingerprint density at radius 3 is 2.52 bits per heavy atom. The van der Waals surface area contributed by atoms with E-state index in [-0.39, 0.29) is 24.3 Å². The van der Waals surface area contributed by atoms with Crippen LogP contribution < -0.4 is 5.32 Å². The zero-order valence-corrected chi connectivity index (χ0v) is 17.9. The number of hydrogen-bond donors (Lipinski definition) is 2. The van der Waals surface area contributed by atoms with Gasteiger partial charge in [0.05, 0.1) is 12.4 Å². The summed E-state index contributed by atoms with van der Waals surface area (Å²) in [6.07, 6.45) is 1.94. The number of nitrogens with one attached hydrogen (secondary N) is 1. The van der Waals surface area contributed by atoms with Gasteiger partial charge in [-0.3, -0.25) is 0 Å². The molecular formula is C22H28N2O4S. The highest BCUT2D eigenvalue weighted by Crippen LogP contribution is 2.31. The zero-order chi connectivity index (χ0) is 21.2. The van der Waals surface area contributed by atoms with E-state index in [0.29, 0.717) is 19.5 Å². The summed E-state index contributed by atoms with van der Waals surface area (Å²) in [6, 6.07) is 11.5. The van der Waals surface area contributed by atoms with E-state index in [0.717, 1.165) is 33.5 Å². The van der Waals surface area contributed by atoms with Crippen molar-refractivity contribution in [3.63, 3.8) is 0 Å². The Balaban J connectivity index is 1.73. The molecule has 1 aliphatic heterocycles. The smallest absolute Gasteiger partial charge is 0.321 e. The molecule has 6 nitrogen and oxygen atoms in total. The molecule has 0 radical (unpaired) electrons. The molecule has 2 amide bonds. The van der Waals surface area contributed by atoms with E-state index < -0.39 is 9.84 Å². The second-order valence-electron chi connectivity index (χ2n) is 7.97. The Bertz CT molecular complexity index is 994. The molecule has 2 aromatic carbocycles. The van der Waals surface area contributed by atoms with Crippen LogP contribution in [0.3, 0.4) is 0 Å². The van der Waals surface area contributed by atoms with Crippen molar-refractivity contribution in [2.75, 3.05) is 30.4 Å². The number of hydrogen-bond acceptors (Lipinski definition) is 4. The predicted molar refractivity (Wildman–Crippen MR) is 116 cm³/mol.